The molecule has 23 heavy (non-hydrogen) atoms. The molecule has 2 saturated carbocycles. The lowest BCUT2D eigenvalue weighted by Crippen LogP contribution is -2.48. The molecule has 0 spiro atoms. The molecule has 6 nitrogen and oxygen atoms in total. The van der Waals surface area contributed by atoms with E-state index >= 15 is 0 Å². The van der Waals surface area contributed by atoms with Gasteiger partial charge >= 0.3 is 0 Å². The SMILES string of the molecule is CN=C(NC1CCc2ncnn2C1)NC1CC1C1CCCCC1. The van der Waals surface area contributed by atoms with E-state index in [0.717, 1.165) is 43.0 Å². The Morgan fingerprint density at radius 1 is 1.22 bits per heavy atom. The largest absolute Gasteiger partial charge is 0.353 e. The Morgan fingerprint density at radius 3 is 2.91 bits per heavy atom. The number of aromatic nitrogens is 3. The maximum Gasteiger partial charge on any atom is 0.191 e. The molecule has 2 heterocycles. The molecule has 2 aliphatic carbocycles. The molecule has 3 unspecified atom stereocenters. The van der Waals surface area contributed by atoms with Crippen molar-refractivity contribution in [2.75, 3.05) is 7.05 Å². The van der Waals surface area contributed by atoms with Crippen molar-refractivity contribution in [1.82, 2.24) is 25.4 Å². The normalized spacial score (nSPS) is 31.5. The van der Waals surface area contributed by atoms with E-state index in [-0.39, 0.29) is 0 Å². The van der Waals surface area contributed by atoms with Crippen LogP contribution in [0.5, 0.6) is 0 Å². The average Bonchev–Trinajstić information content (AvgIpc) is 3.20. The van der Waals surface area contributed by atoms with Gasteiger partial charge in [0.15, 0.2) is 5.96 Å². The summed E-state index contributed by atoms with van der Waals surface area (Å²) in [4.78, 5) is 8.72. The van der Waals surface area contributed by atoms with Crippen LogP contribution in [0.3, 0.4) is 0 Å². The first kappa shape index (κ1) is 15.0. The van der Waals surface area contributed by atoms with Crippen molar-refractivity contribution in [2.45, 2.75) is 70.0 Å². The number of guanidine groups is 1. The van der Waals surface area contributed by atoms with Gasteiger partial charge in [-0.2, -0.15) is 5.10 Å². The van der Waals surface area contributed by atoms with Crippen LogP contribution in [0.25, 0.3) is 0 Å². The van der Waals surface area contributed by atoms with Gasteiger partial charge in [0.25, 0.3) is 0 Å². The summed E-state index contributed by atoms with van der Waals surface area (Å²) in [6.07, 6.45) is 12.2. The number of aryl methyl sites for hydroxylation is 1. The molecule has 0 saturated heterocycles. The van der Waals surface area contributed by atoms with Crippen molar-refractivity contribution in [3.05, 3.63) is 12.2 Å². The van der Waals surface area contributed by atoms with Crippen LogP contribution in [0, 0.1) is 11.8 Å². The summed E-state index contributed by atoms with van der Waals surface area (Å²) in [5.41, 5.74) is 0. The lowest BCUT2D eigenvalue weighted by Gasteiger charge is -2.26. The molecule has 0 bridgehead atoms. The zero-order valence-corrected chi connectivity index (χ0v) is 14.0. The van der Waals surface area contributed by atoms with E-state index in [1.54, 1.807) is 6.33 Å². The quantitative estimate of drug-likeness (QED) is 0.658. The molecule has 126 valence electrons. The first-order valence-corrected chi connectivity index (χ1v) is 9.20. The Bertz CT molecular complexity index is 559. The van der Waals surface area contributed by atoms with Crippen LogP contribution in [0.1, 0.15) is 50.8 Å². The zero-order valence-electron chi connectivity index (χ0n) is 14.0. The van der Waals surface area contributed by atoms with E-state index < -0.39 is 0 Å². The van der Waals surface area contributed by atoms with Crippen molar-refractivity contribution in [2.24, 2.45) is 16.8 Å². The molecule has 6 heteroatoms. The molecule has 4 rings (SSSR count). The van der Waals surface area contributed by atoms with Crippen molar-refractivity contribution in [3.8, 4) is 0 Å². The Kier molecular flexibility index (Phi) is 4.23. The number of aliphatic imine (C=N–C) groups is 1. The van der Waals surface area contributed by atoms with E-state index in [9.17, 15) is 0 Å². The highest BCUT2D eigenvalue weighted by Gasteiger charge is 2.43. The van der Waals surface area contributed by atoms with Gasteiger partial charge in [0.1, 0.15) is 12.2 Å². The van der Waals surface area contributed by atoms with E-state index in [1.165, 1.54) is 38.5 Å². The Balaban J connectivity index is 1.27. The molecule has 0 radical (unpaired) electrons. The van der Waals surface area contributed by atoms with Gasteiger partial charge in [-0.05, 0) is 24.7 Å². The molecule has 3 aliphatic rings. The average molecular weight is 316 g/mol. The second-order valence-corrected chi connectivity index (χ2v) is 7.36. The number of fused-ring (bicyclic) bond motifs is 1. The third-order valence-electron chi connectivity index (χ3n) is 5.79. The summed E-state index contributed by atoms with van der Waals surface area (Å²) < 4.78 is 2.01. The summed E-state index contributed by atoms with van der Waals surface area (Å²) in [5, 5.41) is 11.5. The number of nitrogens with zero attached hydrogens (tertiary/aromatic N) is 4. The fourth-order valence-electron chi connectivity index (χ4n) is 4.36. The summed E-state index contributed by atoms with van der Waals surface area (Å²) in [5.74, 6) is 3.89. The number of rotatable bonds is 3. The van der Waals surface area contributed by atoms with Crippen LogP contribution in [0.15, 0.2) is 11.3 Å². The molecule has 0 amide bonds. The van der Waals surface area contributed by atoms with Crippen molar-refractivity contribution in [1.29, 1.82) is 0 Å². The van der Waals surface area contributed by atoms with Crippen molar-refractivity contribution >= 4 is 5.96 Å². The maximum atomic E-state index is 4.43. The number of nitrogens with one attached hydrogen (secondary N) is 2. The molecule has 3 atom stereocenters. The predicted molar refractivity (Wildman–Crippen MR) is 90.2 cm³/mol. The van der Waals surface area contributed by atoms with Gasteiger partial charge in [-0.25, -0.2) is 9.67 Å². The minimum absolute atomic E-state index is 0.391. The van der Waals surface area contributed by atoms with Crippen LogP contribution in [0.4, 0.5) is 0 Å². The standard InChI is InChI=1S/C17H28N6/c1-18-17(21-13-7-8-16-19-11-20-23(16)10-13)22-15-9-14(15)12-5-3-2-4-6-12/h11-15H,2-10H2,1H3,(H2,18,21,22). The minimum atomic E-state index is 0.391. The zero-order chi connectivity index (χ0) is 15.6. The smallest absolute Gasteiger partial charge is 0.191 e. The predicted octanol–water partition coefficient (Wildman–Crippen LogP) is 1.73. The highest BCUT2D eigenvalue weighted by molar-refractivity contribution is 5.80. The van der Waals surface area contributed by atoms with Crippen LogP contribution in [-0.4, -0.2) is 39.9 Å². The molecule has 1 aromatic heterocycles. The van der Waals surface area contributed by atoms with Gasteiger partial charge in [-0.1, -0.05) is 32.1 Å². The number of hydrogen-bond donors (Lipinski definition) is 2. The van der Waals surface area contributed by atoms with Crippen molar-refractivity contribution in [3.63, 3.8) is 0 Å². The van der Waals surface area contributed by atoms with Gasteiger partial charge in [-0.3, -0.25) is 4.99 Å². The van der Waals surface area contributed by atoms with Gasteiger partial charge < -0.3 is 10.6 Å². The van der Waals surface area contributed by atoms with Gasteiger partial charge in [0, 0.05) is 25.6 Å². The maximum absolute atomic E-state index is 4.43. The Morgan fingerprint density at radius 2 is 2.09 bits per heavy atom. The monoisotopic (exact) mass is 316 g/mol. The molecule has 1 aromatic rings. The lowest BCUT2D eigenvalue weighted by molar-refractivity contribution is 0.315. The van der Waals surface area contributed by atoms with Gasteiger partial charge in [0.2, 0.25) is 0 Å². The Hall–Kier alpha value is -1.59. The topological polar surface area (TPSA) is 67.1 Å². The van der Waals surface area contributed by atoms with Crippen molar-refractivity contribution < 1.29 is 0 Å². The second-order valence-electron chi connectivity index (χ2n) is 7.36. The summed E-state index contributed by atoms with van der Waals surface area (Å²) in [6, 6.07) is 1.03. The third-order valence-corrected chi connectivity index (χ3v) is 5.79. The van der Waals surface area contributed by atoms with E-state index in [1.807, 2.05) is 11.7 Å². The highest BCUT2D eigenvalue weighted by Crippen LogP contribution is 2.44. The highest BCUT2D eigenvalue weighted by atomic mass is 15.4. The first-order valence-electron chi connectivity index (χ1n) is 9.20. The molecule has 2 fully saturated rings. The van der Waals surface area contributed by atoms with Gasteiger partial charge in [0.05, 0.1) is 6.54 Å². The molecular formula is C17H28N6. The molecular weight excluding hydrogens is 288 g/mol. The van der Waals surface area contributed by atoms with Crippen LogP contribution < -0.4 is 10.6 Å². The van der Waals surface area contributed by atoms with Gasteiger partial charge in [-0.15, -0.1) is 0 Å². The molecule has 2 N–H and O–H groups in total. The van der Waals surface area contributed by atoms with E-state index in [4.69, 9.17) is 0 Å². The summed E-state index contributed by atoms with van der Waals surface area (Å²) >= 11 is 0. The minimum Gasteiger partial charge on any atom is -0.353 e. The van der Waals surface area contributed by atoms with Crippen LogP contribution >= 0.6 is 0 Å². The molecule has 1 aliphatic heterocycles. The summed E-state index contributed by atoms with van der Waals surface area (Å²) in [7, 11) is 1.87. The van der Waals surface area contributed by atoms with Crippen LogP contribution in [0.2, 0.25) is 0 Å². The summed E-state index contributed by atoms with van der Waals surface area (Å²) in [6.45, 7) is 0.882. The van der Waals surface area contributed by atoms with E-state index in [2.05, 4.69) is 25.7 Å². The fraction of sp³-hybridized carbons (Fsp3) is 0.824. The third kappa shape index (κ3) is 3.35. The molecule has 0 aromatic carbocycles. The second kappa shape index (κ2) is 6.49. The fourth-order valence-corrected chi connectivity index (χ4v) is 4.36. The number of hydrogen-bond acceptors (Lipinski definition) is 3. The Labute approximate surface area is 138 Å². The lowest BCUT2D eigenvalue weighted by atomic mass is 9.85. The van der Waals surface area contributed by atoms with E-state index in [0.29, 0.717) is 12.1 Å². The van der Waals surface area contributed by atoms with Crippen LogP contribution in [-0.2, 0) is 13.0 Å². The first-order chi connectivity index (χ1) is 11.3.